The van der Waals surface area contributed by atoms with Crippen LogP contribution < -0.4 is 15.5 Å². The maximum absolute atomic E-state index is 11.9. The number of aryl methyl sites for hydroxylation is 1. The van der Waals surface area contributed by atoms with Crippen LogP contribution in [0, 0.1) is 6.92 Å². The van der Waals surface area contributed by atoms with Crippen LogP contribution in [-0.4, -0.2) is 25.1 Å². The number of amides is 2. The van der Waals surface area contributed by atoms with Crippen LogP contribution in [0.1, 0.15) is 24.0 Å². The Balaban J connectivity index is 1.81. The Kier molecular flexibility index (Phi) is 7.35. The molecule has 6 nitrogen and oxygen atoms in total. The second-order valence-corrected chi connectivity index (χ2v) is 6.46. The van der Waals surface area contributed by atoms with E-state index >= 15 is 0 Å². The van der Waals surface area contributed by atoms with Crippen molar-refractivity contribution < 1.29 is 14.3 Å². The smallest absolute Gasteiger partial charge is 0.240 e. The lowest BCUT2D eigenvalue weighted by Gasteiger charge is -2.07. The molecule has 0 radical (unpaired) electrons. The average molecular weight is 418 g/mol. The highest BCUT2D eigenvalue weighted by Crippen LogP contribution is 2.21. The first-order valence-electron chi connectivity index (χ1n) is 8.00. The van der Waals surface area contributed by atoms with Gasteiger partial charge >= 0.3 is 0 Å². The predicted octanol–water partition coefficient (Wildman–Crippen LogP) is 3.64. The Hall–Kier alpha value is -2.67. The van der Waals surface area contributed by atoms with E-state index in [1.807, 2.05) is 43.3 Å². The highest BCUT2D eigenvalue weighted by molar-refractivity contribution is 9.10. The summed E-state index contributed by atoms with van der Waals surface area (Å²) >= 11 is 3.37. The molecular formula is C19H20BrN3O3. The zero-order chi connectivity index (χ0) is 18.9. The number of carbonyl (C=O) groups excluding carboxylic acids is 2. The normalized spacial score (nSPS) is 10.6. The number of nitrogens with zero attached hydrogens (tertiary/aromatic N) is 1. The Labute approximate surface area is 160 Å². The fourth-order valence-corrected chi connectivity index (χ4v) is 2.57. The molecule has 0 fully saturated rings. The summed E-state index contributed by atoms with van der Waals surface area (Å²) in [6.45, 7) is 1.91. The maximum atomic E-state index is 11.9. The molecule has 0 unspecified atom stereocenters. The standard InChI is InChI=1S/C19H20BrN3O3/c1-13-5-3-4-6-16(13)22-18(24)9-10-19(25)23-21-12-14-11-15(20)7-8-17(14)26-2/h3-8,11-12H,9-10H2,1-2H3,(H,22,24)(H,23,25). The number of hydrogen-bond donors (Lipinski definition) is 2. The van der Waals surface area contributed by atoms with Crippen molar-refractivity contribution in [2.45, 2.75) is 19.8 Å². The van der Waals surface area contributed by atoms with Crippen LogP contribution in [-0.2, 0) is 9.59 Å². The number of nitrogens with one attached hydrogen (secondary N) is 2. The summed E-state index contributed by atoms with van der Waals surface area (Å²) in [7, 11) is 1.56. The predicted molar refractivity (Wildman–Crippen MR) is 105 cm³/mol. The maximum Gasteiger partial charge on any atom is 0.240 e. The van der Waals surface area contributed by atoms with Crippen molar-refractivity contribution >= 4 is 39.6 Å². The van der Waals surface area contributed by atoms with Crippen molar-refractivity contribution in [1.29, 1.82) is 0 Å². The molecule has 0 aromatic heterocycles. The summed E-state index contributed by atoms with van der Waals surface area (Å²) in [6.07, 6.45) is 1.62. The van der Waals surface area contributed by atoms with Gasteiger partial charge in [0.15, 0.2) is 0 Å². The Morgan fingerprint density at radius 3 is 2.62 bits per heavy atom. The molecule has 26 heavy (non-hydrogen) atoms. The van der Waals surface area contributed by atoms with E-state index in [1.165, 1.54) is 6.21 Å². The fourth-order valence-electron chi connectivity index (χ4n) is 2.19. The van der Waals surface area contributed by atoms with Crippen LogP contribution in [0.15, 0.2) is 52.0 Å². The first kappa shape index (κ1) is 19.7. The molecule has 0 saturated heterocycles. The molecule has 0 aliphatic carbocycles. The first-order valence-corrected chi connectivity index (χ1v) is 8.80. The second-order valence-electron chi connectivity index (χ2n) is 5.54. The third-order valence-electron chi connectivity index (χ3n) is 3.58. The van der Waals surface area contributed by atoms with Gasteiger partial charge in [-0.15, -0.1) is 0 Å². The van der Waals surface area contributed by atoms with Crippen LogP contribution in [0.3, 0.4) is 0 Å². The third-order valence-corrected chi connectivity index (χ3v) is 4.08. The van der Waals surface area contributed by atoms with E-state index in [4.69, 9.17) is 4.74 Å². The average Bonchev–Trinajstić information content (AvgIpc) is 2.62. The number of para-hydroxylation sites is 1. The minimum atomic E-state index is -0.338. The van der Waals surface area contributed by atoms with Gasteiger partial charge < -0.3 is 10.1 Å². The van der Waals surface area contributed by atoms with Gasteiger partial charge in [-0.2, -0.15) is 5.10 Å². The van der Waals surface area contributed by atoms with E-state index in [-0.39, 0.29) is 24.7 Å². The summed E-state index contributed by atoms with van der Waals surface area (Å²) in [6, 6.07) is 12.9. The lowest BCUT2D eigenvalue weighted by atomic mass is 10.2. The lowest BCUT2D eigenvalue weighted by Crippen LogP contribution is -2.20. The SMILES string of the molecule is COc1ccc(Br)cc1C=NNC(=O)CCC(=O)Nc1ccccc1C. The largest absolute Gasteiger partial charge is 0.496 e. The molecule has 136 valence electrons. The van der Waals surface area contributed by atoms with Gasteiger partial charge in [-0.1, -0.05) is 34.1 Å². The third kappa shape index (κ3) is 6.00. The van der Waals surface area contributed by atoms with Crippen molar-refractivity contribution in [3.05, 3.63) is 58.1 Å². The van der Waals surface area contributed by atoms with Crippen molar-refractivity contribution in [3.63, 3.8) is 0 Å². The van der Waals surface area contributed by atoms with Crippen LogP contribution in [0.2, 0.25) is 0 Å². The van der Waals surface area contributed by atoms with Gasteiger partial charge in [0.1, 0.15) is 5.75 Å². The minimum Gasteiger partial charge on any atom is -0.496 e. The van der Waals surface area contributed by atoms with Crippen molar-refractivity contribution in [3.8, 4) is 5.75 Å². The molecule has 2 aromatic rings. The van der Waals surface area contributed by atoms with Crippen LogP contribution in [0.25, 0.3) is 0 Å². The second kappa shape index (κ2) is 9.72. The van der Waals surface area contributed by atoms with Crippen molar-refractivity contribution in [2.24, 2.45) is 5.10 Å². The Bertz CT molecular complexity index is 821. The van der Waals surface area contributed by atoms with Gasteiger partial charge in [0, 0.05) is 28.6 Å². The van der Waals surface area contributed by atoms with Gasteiger partial charge in [0.25, 0.3) is 0 Å². The summed E-state index contributed by atoms with van der Waals surface area (Å²) in [5.41, 5.74) is 4.85. The molecule has 2 aromatic carbocycles. The monoisotopic (exact) mass is 417 g/mol. The molecule has 0 aliphatic rings. The van der Waals surface area contributed by atoms with Crippen LogP contribution in [0.5, 0.6) is 5.75 Å². The number of methoxy groups -OCH3 is 1. The molecule has 2 N–H and O–H groups in total. The van der Waals surface area contributed by atoms with Gasteiger partial charge in [0.2, 0.25) is 11.8 Å². The fraction of sp³-hybridized carbons (Fsp3) is 0.211. The molecule has 0 aliphatic heterocycles. The van der Waals surface area contributed by atoms with Crippen molar-refractivity contribution in [2.75, 3.05) is 12.4 Å². The summed E-state index contributed by atoms with van der Waals surface area (Å²) in [4.78, 5) is 23.8. The number of hydrogen-bond acceptors (Lipinski definition) is 4. The zero-order valence-corrected chi connectivity index (χ0v) is 16.2. The van der Waals surface area contributed by atoms with E-state index in [0.717, 1.165) is 21.3 Å². The number of carbonyl (C=O) groups is 2. The van der Waals surface area contributed by atoms with Gasteiger partial charge in [-0.05, 0) is 36.8 Å². The molecule has 0 saturated carbocycles. The number of benzene rings is 2. The van der Waals surface area contributed by atoms with Crippen LogP contribution >= 0.6 is 15.9 Å². The number of halogens is 1. The van der Waals surface area contributed by atoms with E-state index in [9.17, 15) is 9.59 Å². The Morgan fingerprint density at radius 1 is 1.15 bits per heavy atom. The number of rotatable bonds is 7. The van der Waals surface area contributed by atoms with Crippen molar-refractivity contribution in [1.82, 2.24) is 5.43 Å². The van der Waals surface area contributed by atoms with Crippen LogP contribution in [0.4, 0.5) is 5.69 Å². The number of anilines is 1. The van der Waals surface area contributed by atoms with Gasteiger partial charge in [-0.25, -0.2) is 5.43 Å². The summed E-state index contributed by atoms with van der Waals surface area (Å²) in [5.74, 6) is 0.0889. The molecule has 0 bridgehead atoms. The topological polar surface area (TPSA) is 79.8 Å². The molecular weight excluding hydrogens is 398 g/mol. The van der Waals surface area contributed by atoms with E-state index in [0.29, 0.717) is 5.75 Å². The van der Waals surface area contributed by atoms with Gasteiger partial charge in [-0.3, -0.25) is 9.59 Å². The zero-order valence-electron chi connectivity index (χ0n) is 14.6. The molecule has 0 heterocycles. The summed E-state index contributed by atoms with van der Waals surface area (Å²) < 4.78 is 6.10. The summed E-state index contributed by atoms with van der Waals surface area (Å²) in [5, 5.41) is 6.70. The molecule has 0 spiro atoms. The molecule has 0 atom stereocenters. The minimum absolute atomic E-state index is 0.0463. The van der Waals surface area contributed by atoms with E-state index < -0.39 is 0 Å². The Morgan fingerprint density at radius 2 is 1.88 bits per heavy atom. The first-order chi connectivity index (χ1) is 12.5. The number of ether oxygens (including phenoxy) is 1. The van der Waals surface area contributed by atoms with E-state index in [1.54, 1.807) is 13.2 Å². The number of hydrazone groups is 1. The highest BCUT2D eigenvalue weighted by atomic mass is 79.9. The lowest BCUT2D eigenvalue weighted by molar-refractivity contribution is -0.124. The quantitative estimate of drug-likeness (QED) is 0.532. The molecule has 7 heteroatoms. The molecule has 2 amide bonds. The van der Waals surface area contributed by atoms with Gasteiger partial charge in [0.05, 0.1) is 13.3 Å². The molecule has 2 rings (SSSR count). The highest BCUT2D eigenvalue weighted by Gasteiger charge is 2.08. The van der Waals surface area contributed by atoms with E-state index in [2.05, 4.69) is 31.8 Å².